The predicted octanol–water partition coefficient (Wildman–Crippen LogP) is -0.0472. The fraction of sp³-hybridized carbons (Fsp3) is 0.429. The Labute approximate surface area is 116 Å². The van der Waals surface area contributed by atoms with Crippen molar-refractivity contribution in [2.45, 2.75) is 13.0 Å². The number of carbonyl (C=O) groups excluding carboxylic acids is 1. The average molecular weight is 274 g/mol. The lowest BCUT2D eigenvalue weighted by molar-refractivity contribution is 0.0922. The highest BCUT2D eigenvalue weighted by Crippen LogP contribution is 2.09. The fourth-order valence-electron chi connectivity index (χ4n) is 2.43. The average Bonchev–Trinajstić information content (AvgIpc) is 3.01. The Hall–Kier alpha value is -1.92. The standard InChI is InChI=1S/C14H18N4O2/c1-9-2-3-18-8-11(17-13(18)4-9)14(20)16-6-10-5-15-7-12(10)19/h2-4,8,10,12,15,19H,5-7H2,1H3,(H,16,20). The molecule has 0 spiro atoms. The molecule has 106 valence electrons. The number of aryl methyl sites for hydroxylation is 1. The summed E-state index contributed by atoms with van der Waals surface area (Å²) in [4.78, 5) is 16.4. The third-order valence-electron chi connectivity index (χ3n) is 3.68. The summed E-state index contributed by atoms with van der Waals surface area (Å²) < 4.78 is 1.83. The molecule has 2 unspecified atom stereocenters. The van der Waals surface area contributed by atoms with E-state index in [1.54, 1.807) is 6.20 Å². The number of rotatable bonds is 3. The zero-order chi connectivity index (χ0) is 14.1. The topological polar surface area (TPSA) is 78.7 Å². The highest BCUT2D eigenvalue weighted by molar-refractivity contribution is 5.92. The molecule has 3 N–H and O–H groups in total. The molecule has 0 saturated carbocycles. The summed E-state index contributed by atoms with van der Waals surface area (Å²) in [6.45, 7) is 3.77. The number of hydrogen-bond acceptors (Lipinski definition) is 4. The minimum Gasteiger partial charge on any atom is -0.391 e. The van der Waals surface area contributed by atoms with Crippen molar-refractivity contribution in [3.8, 4) is 0 Å². The maximum Gasteiger partial charge on any atom is 0.271 e. The van der Waals surface area contributed by atoms with Crippen molar-refractivity contribution < 1.29 is 9.90 Å². The number of pyridine rings is 1. The van der Waals surface area contributed by atoms with Crippen LogP contribution in [-0.2, 0) is 0 Å². The van der Waals surface area contributed by atoms with E-state index in [0.29, 0.717) is 18.8 Å². The van der Waals surface area contributed by atoms with Crippen molar-refractivity contribution in [1.29, 1.82) is 0 Å². The molecule has 20 heavy (non-hydrogen) atoms. The summed E-state index contributed by atoms with van der Waals surface area (Å²) in [6, 6.07) is 3.90. The molecule has 3 rings (SSSR count). The van der Waals surface area contributed by atoms with Gasteiger partial charge in [0.2, 0.25) is 0 Å². The van der Waals surface area contributed by atoms with E-state index >= 15 is 0 Å². The number of imidazole rings is 1. The first-order chi connectivity index (χ1) is 9.63. The number of aliphatic hydroxyl groups excluding tert-OH is 1. The van der Waals surface area contributed by atoms with Crippen molar-refractivity contribution in [3.63, 3.8) is 0 Å². The normalized spacial score (nSPS) is 22.3. The summed E-state index contributed by atoms with van der Waals surface area (Å²) in [5.41, 5.74) is 2.27. The van der Waals surface area contributed by atoms with E-state index < -0.39 is 0 Å². The molecule has 0 bridgehead atoms. The van der Waals surface area contributed by atoms with Gasteiger partial charge in [0.1, 0.15) is 11.3 Å². The Morgan fingerprint density at radius 1 is 1.60 bits per heavy atom. The van der Waals surface area contributed by atoms with Gasteiger partial charge in [-0.15, -0.1) is 0 Å². The van der Waals surface area contributed by atoms with Crippen LogP contribution in [0.25, 0.3) is 5.65 Å². The molecule has 0 aromatic carbocycles. The molecule has 1 aliphatic rings. The van der Waals surface area contributed by atoms with Gasteiger partial charge in [-0.3, -0.25) is 4.79 Å². The highest BCUT2D eigenvalue weighted by atomic mass is 16.3. The molecule has 2 atom stereocenters. The molecule has 6 nitrogen and oxygen atoms in total. The second-order valence-electron chi connectivity index (χ2n) is 5.29. The Bertz CT molecular complexity index is 637. The minimum atomic E-state index is -0.390. The zero-order valence-electron chi connectivity index (χ0n) is 11.3. The smallest absolute Gasteiger partial charge is 0.271 e. The van der Waals surface area contributed by atoms with Gasteiger partial charge < -0.3 is 20.1 Å². The second kappa shape index (κ2) is 5.22. The highest BCUT2D eigenvalue weighted by Gasteiger charge is 2.25. The van der Waals surface area contributed by atoms with Gasteiger partial charge in [-0.25, -0.2) is 4.98 Å². The van der Waals surface area contributed by atoms with Crippen LogP contribution in [0.5, 0.6) is 0 Å². The van der Waals surface area contributed by atoms with Gasteiger partial charge in [0.05, 0.1) is 6.10 Å². The largest absolute Gasteiger partial charge is 0.391 e. The lowest BCUT2D eigenvalue weighted by Gasteiger charge is -2.13. The molecule has 1 amide bonds. The number of amides is 1. The first-order valence-electron chi connectivity index (χ1n) is 6.76. The Morgan fingerprint density at radius 3 is 3.20 bits per heavy atom. The quantitative estimate of drug-likeness (QED) is 0.733. The van der Waals surface area contributed by atoms with Gasteiger partial charge in [-0.1, -0.05) is 0 Å². The molecule has 0 aliphatic carbocycles. The fourth-order valence-corrected chi connectivity index (χ4v) is 2.43. The summed E-state index contributed by atoms with van der Waals surface area (Å²) in [5, 5.41) is 15.6. The number of fused-ring (bicyclic) bond motifs is 1. The number of nitrogens with one attached hydrogen (secondary N) is 2. The summed E-state index contributed by atoms with van der Waals surface area (Å²) >= 11 is 0. The SMILES string of the molecule is Cc1ccn2cc(C(=O)NCC3CNCC3O)nc2c1. The van der Waals surface area contributed by atoms with Crippen LogP contribution in [0.1, 0.15) is 16.1 Å². The molecule has 2 aromatic heterocycles. The molecular formula is C14H18N4O2. The monoisotopic (exact) mass is 274 g/mol. The first kappa shape index (κ1) is 13.1. The van der Waals surface area contributed by atoms with Gasteiger partial charge >= 0.3 is 0 Å². The van der Waals surface area contributed by atoms with E-state index in [2.05, 4.69) is 15.6 Å². The van der Waals surface area contributed by atoms with Gasteiger partial charge in [0.25, 0.3) is 5.91 Å². The van der Waals surface area contributed by atoms with Crippen LogP contribution < -0.4 is 10.6 Å². The summed E-state index contributed by atoms with van der Waals surface area (Å²) in [7, 11) is 0. The summed E-state index contributed by atoms with van der Waals surface area (Å²) in [6.07, 6.45) is 3.21. The minimum absolute atomic E-state index is 0.0678. The van der Waals surface area contributed by atoms with E-state index in [9.17, 15) is 9.90 Å². The van der Waals surface area contributed by atoms with Crippen molar-refractivity contribution in [2.75, 3.05) is 19.6 Å². The molecule has 1 aliphatic heterocycles. The lowest BCUT2D eigenvalue weighted by Crippen LogP contribution is -2.34. The number of β-amino-alcohol motifs (C(OH)–C–C–N with tert-alkyl or cyclic N) is 1. The molecule has 2 aromatic rings. The molecule has 0 radical (unpaired) electrons. The zero-order valence-corrected chi connectivity index (χ0v) is 11.3. The molecule has 1 fully saturated rings. The molecule has 3 heterocycles. The maximum absolute atomic E-state index is 12.1. The number of aliphatic hydroxyl groups is 1. The molecule has 6 heteroatoms. The van der Waals surface area contributed by atoms with Crippen LogP contribution in [0, 0.1) is 12.8 Å². The van der Waals surface area contributed by atoms with Crippen molar-refractivity contribution in [1.82, 2.24) is 20.0 Å². The van der Waals surface area contributed by atoms with Gasteiger partial charge in [0, 0.05) is 37.9 Å². The van der Waals surface area contributed by atoms with Crippen LogP contribution in [-0.4, -0.2) is 46.1 Å². The van der Waals surface area contributed by atoms with E-state index in [4.69, 9.17) is 0 Å². The van der Waals surface area contributed by atoms with Crippen LogP contribution in [0.2, 0.25) is 0 Å². The van der Waals surface area contributed by atoms with Crippen molar-refractivity contribution in [3.05, 3.63) is 35.8 Å². The van der Waals surface area contributed by atoms with Crippen molar-refractivity contribution in [2.24, 2.45) is 5.92 Å². The maximum atomic E-state index is 12.1. The predicted molar refractivity (Wildman–Crippen MR) is 74.6 cm³/mol. The number of nitrogens with zero attached hydrogens (tertiary/aromatic N) is 2. The van der Waals surface area contributed by atoms with Crippen LogP contribution in [0.3, 0.4) is 0 Å². The van der Waals surface area contributed by atoms with Crippen molar-refractivity contribution >= 4 is 11.6 Å². The van der Waals surface area contributed by atoms with Crippen LogP contribution in [0.4, 0.5) is 0 Å². The molecular weight excluding hydrogens is 256 g/mol. The first-order valence-corrected chi connectivity index (χ1v) is 6.76. The van der Waals surface area contributed by atoms with Crippen LogP contribution in [0.15, 0.2) is 24.5 Å². The third kappa shape index (κ3) is 2.52. The second-order valence-corrected chi connectivity index (χ2v) is 5.29. The van der Waals surface area contributed by atoms with E-state index in [-0.39, 0.29) is 17.9 Å². The van der Waals surface area contributed by atoms with Crippen LogP contribution >= 0.6 is 0 Å². The number of hydrogen-bond donors (Lipinski definition) is 3. The number of aromatic nitrogens is 2. The summed E-state index contributed by atoms with van der Waals surface area (Å²) in [5.74, 6) is -0.135. The number of carbonyl (C=O) groups is 1. The Balaban J connectivity index is 1.69. The Kier molecular flexibility index (Phi) is 3.42. The third-order valence-corrected chi connectivity index (χ3v) is 3.68. The molecule has 1 saturated heterocycles. The van der Waals surface area contributed by atoms with E-state index in [1.165, 1.54) is 0 Å². The van der Waals surface area contributed by atoms with Gasteiger partial charge in [-0.2, -0.15) is 0 Å². The Morgan fingerprint density at radius 2 is 2.45 bits per heavy atom. The van der Waals surface area contributed by atoms with Gasteiger partial charge in [0.15, 0.2) is 0 Å². The van der Waals surface area contributed by atoms with E-state index in [0.717, 1.165) is 17.8 Å². The lowest BCUT2D eigenvalue weighted by atomic mass is 10.1. The van der Waals surface area contributed by atoms with E-state index in [1.807, 2.05) is 29.7 Å². The van der Waals surface area contributed by atoms with Gasteiger partial charge in [-0.05, 0) is 24.6 Å².